The van der Waals surface area contributed by atoms with E-state index in [-0.39, 0.29) is 25.7 Å². The van der Waals surface area contributed by atoms with Crippen LogP contribution in [0.5, 0.6) is 0 Å². The van der Waals surface area contributed by atoms with Gasteiger partial charge in [-0.25, -0.2) is 9.13 Å². The Kier molecular flexibility index (Phi) is 80.7. The summed E-state index contributed by atoms with van der Waals surface area (Å²) < 4.78 is 69.0. The first-order chi connectivity index (χ1) is 53.4. The zero-order chi connectivity index (χ0) is 80.6. The van der Waals surface area contributed by atoms with Gasteiger partial charge in [-0.2, -0.15) is 0 Å². The quantitative estimate of drug-likeness (QED) is 0.0222. The Bertz CT molecular complexity index is 2100. The maximum Gasteiger partial charge on any atom is 0.472 e. The van der Waals surface area contributed by atoms with Gasteiger partial charge < -0.3 is 33.8 Å². The number of aliphatic hydroxyl groups excluding tert-OH is 1. The van der Waals surface area contributed by atoms with E-state index in [1.54, 1.807) is 0 Å². The standard InChI is InChI=1S/C91H178O17P2/c1-7-10-12-14-16-18-19-20-21-22-23-31-36-41-46-51-57-63-69-75-90(95)107-86(79-101-88(93)73-67-61-55-17-15-13-11-8-2)81-105-109(97,98)103-77-85(92)78-104-110(99,100)106-82-87(80-102-89(94)74-68-62-56-50-45-40-35-30-26-24-28-33-38-43-48-53-59-65-71-83(4)5)108-91(96)76-70-64-58-52-47-42-37-32-27-25-29-34-39-44-49-54-60-66-72-84(6)9-3/h83-87,92H,7-82H2,1-6H3,(H,97,98)(H,99,100)/t84?,85-,86+,87+/m0/s1. The number of phosphoric acid groups is 2. The number of phosphoric ester groups is 2. The van der Waals surface area contributed by atoms with Crippen LogP contribution in [-0.2, 0) is 65.4 Å². The van der Waals surface area contributed by atoms with Gasteiger partial charge in [-0.3, -0.25) is 37.3 Å². The molecule has 0 spiro atoms. The number of carbonyl (C=O) groups excluding carboxylic acids is 4. The lowest BCUT2D eigenvalue weighted by Crippen LogP contribution is -2.30. The average molecular weight is 1610 g/mol. The largest absolute Gasteiger partial charge is 0.472 e. The van der Waals surface area contributed by atoms with Crippen molar-refractivity contribution in [3.63, 3.8) is 0 Å². The molecule has 654 valence electrons. The van der Waals surface area contributed by atoms with E-state index in [1.807, 2.05) is 0 Å². The van der Waals surface area contributed by atoms with Gasteiger partial charge in [0.05, 0.1) is 26.4 Å². The fraction of sp³-hybridized carbons (Fsp3) is 0.956. The van der Waals surface area contributed by atoms with E-state index < -0.39 is 97.5 Å². The minimum absolute atomic E-state index is 0.109. The van der Waals surface area contributed by atoms with Gasteiger partial charge in [0.2, 0.25) is 0 Å². The summed E-state index contributed by atoms with van der Waals surface area (Å²) >= 11 is 0. The summed E-state index contributed by atoms with van der Waals surface area (Å²) in [5, 5.41) is 10.7. The Morgan fingerprint density at radius 3 is 0.691 bits per heavy atom. The van der Waals surface area contributed by atoms with Crippen LogP contribution in [0.3, 0.4) is 0 Å². The summed E-state index contributed by atoms with van der Waals surface area (Å²) in [5.41, 5.74) is 0. The molecule has 3 N–H and O–H groups in total. The first kappa shape index (κ1) is 108. The minimum atomic E-state index is -4.97. The lowest BCUT2D eigenvalue weighted by atomic mass is 9.99. The van der Waals surface area contributed by atoms with Crippen LogP contribution in [0.2, 0.25) is 0 Å². The second-order valence-electron chi connectivity index (χ2n) is 33.4. The number of hydrogen-bond donors (Lipinski definition) is 3. The molecule has 17 nitrogen and oxygen atoms in total. The molecular weight excluding hydrogens is 1430 g/mol. The molecule has 0 aromatic rings. The van der Waals surface area contributed by atoms with Crippen LogP contribution in [-0.4, -0.2) is 96.7 Å². The van der Waals surface area contributed by atoms with Gasteiger partial charge in [0.15, 0.2) is 12.2 Å². The predicted molar refractivity (Wildman–Crippen MR) is 455 cm³/mol. The lowest BCUT2D eigenvalue weighted by Gasteiger charge is -2.21. The molecule has 0 aliphatic heterocycles. The van der Waals surface area contributed by atoms with Crippen LogP contribution in [0.4, 0.5) is 0 Å². The summed E-state index contributed by atoms with van der Waals surface area (Å²) in [5.74, 6) is -0.405. The summed E-state index contributed by atoms with van der Waals surface area (Å²) in [6.07, 6.45) is 76.6. The normalized spacial score (nSPS) is 14.0. The van der Waals surface area contributed by atoms with Crippen LogP contribution in [0.15, 0.2) is 0 Å². The second-order valence-corrected chi connectivity index (χ2v) is 36.3. The molecule has 0 saturated heterocycles. The first-order valence-corrected chi connectivity index (χ1v) is 50.0. The molecule has 3 unspecified atom stereocenters. The molecule has 0 aliphatic rings. The fourth-order valence-electron chi connectivity index (χ4n) is 14.3. The third-order valence-electron chi connectivity index (χ3n) is 21.8. The third kappa shape index (κ3) is 82.6. The maximum atomic E-state index is 13.2. The van der Waals surface area contributed by atoms with E-state index in [9.17, 15) is 43.2 Å². The smallest absolute Gasteiger partial charge is 0.462 e. The number of hydrogen-bond acceptors (Lipinski definition) is 15. The van der Waals surface area contributed by atoms with Gasteiger partial charge in [-0.1, -0.05) is 440 Å². The van der Waals surface area contributed by atoms with E-state index in [1.165, 1.54) is 308 Å². The summed E-state index contributed by atoms with van der Waals surface area (Å²) in [6.45, 7) is 9.78. The zero-order valence-corrected chi connectivity index (χ0v) is 74.4. The third-order valence-corrected chi connectivity index (χ3v) is 23.7. The van der Waals surface area contributed by atoms with Gasteiger partial charge in [0, 0.05) is 25.7 Å². The van der Waals surface area contributed by atoms with Crippen molar-refractivity contribution in [2.45, 2.75) is 509 Å². The van der Waals surface area contributed by atoms with E-state index in [2.05, 4.69) is 41.5 Å². The molecular formula is C91H178O17P2. The van der Waals surface area contributed by atoms with Crippen molar-refractivity contribution < 1.29 is 80.2 Å². The number of esters is 4. The van der Waals surface area contributed by atoms with E-state index in [0.29, 0.717) is 25.7 Å². The lowest BCUT2D eigenvalue weighted by molar-refractivity contribution is -0.161. The maximum absolute atomic E-state index is 13.2. The molecule has 0 aromatic heterocycles. The summed E-state index contributed by atoms with van der Waals surface area (Å²) in [6, 6.07) is 0. The number of ether oxygens (including phenoxy) is 4. The Labute approximate surface area is 677 Å². The van der Waals surface area contributed by atoms with Crippen molar-refractivity contribution in [2.75, 3.05) is 39.6 Å². The highest BCUT2D eigenvalue weighted by atomic mass is 31.2. The molecule has 0 radical (unpaired) electrons. The van der Waals surface area contributed by atoms with Gasteiger partial charge in [-0.15, -0.1) is 0 Å². The SMILES string of the molecule is CCCCCCCCCCCCCCCCCCCCCC(=O)O[C@H](COC(=O)CCCCCCCCCC)COP(=O)(O)OC[C@H](O)COP(=O)(O)OC[C@@H](COC(=O)CCCCCCCCCCCCCCCCCCCCC(C)C)OC(=O)CCCCCCCCCCCCCCCCCCCCC(C)CC. The van der Waals surface area contributed by atoms with E-state index in [4.69, 9.17) is 37.0 Å². The molecule has 6 atom stereocenters. The Balaban J connectivity index is 5.17. The van der Waals surface area contributed by atoms with Crippen molar-refractivity contribution in [1.82, 2.24) is 0 Å². The molecule has 0 amide bonds. The van der Waals surface area contributed by atoms with Crippen LogP contribution < -0.4 is 0 Å². The summed E-state index contributed by atoms with van der Waals surface area (Å²) in [7, 11) is -9.93. The van der Waals surface area contributed by atoms with Gasteiger partial charge in [0.25, 0.3) is 0 Å². The highest BCUT2D eigenvalue weighted by Crippen LogP contribution is 2.45. The predicted octanol–water partition coefficient (Wildman–Crippen LogP) is 28.2. The van der Waals surface area contributed by atoms with Crippen LogP contribution in [0, 0.1) is 11.8 Å². The Hall–Kier alpha value is -1.94. The second kappa shape index (κ2) is 82.2. The number of aliphatic hydroxyl groups is 1. The van der Waals surface area contributed by atoms with Crippen molar-refractivity contribution in [3.05, 3.63) is 0 Å². The van der Waals surface area contributed by atoms with Crippen LogP contribution in [0.1, 0.15) is 491 Å². The number of rotatable bonds is 90. The molecule has 0 saturated carbocycles. The van der Waals surface area contributed by atoms with Gasteiger partial charge in [0.1, 0.15) is 19.3 Å². The number of carbonyl (C=O) groups is 4. The van der Waals surface area contributed by atoms with Gasteiger partial charge >= 0.3 is 39.5 Å². The van der Waals surface area contributed by atoms with Gasteiger partial charge in [-0.05, 0) is 37.5 Å². The highest BCUT2D eigenvalue weighted by Gasteiger charge is 2.31. The minimum Gasteiger partial charge on any atom is -0.462 e. The first-order valence-electron chi connectivity index (χ1n) is 47.0. The molecule has 19 heteroatoms. The highest BCUT2D eigenvalue weighted by molar-refractivity contribution is 7.47. The van der Waals surface area contributed by atoms with Crippen LogP contribution >= 0.6 is 15.6 Å². The van der Waals surface area contributed by atoms with Crippen molar-refractivity contribution >= 4 is 39.5 Å². The molecule has 0 heterocycles. The molecule has 0 rings (SSSR count). The van der Waals surface area contributed by atoms with Crippen molar-refractivity contribution in [3.8, 4) is 0 Å². The molecule has 110 heavy (non-hydrogen) atoms. The zero-order valence-electron chi connectivity index (χ0n) is 72.6. The fourth-order valence-corrected chi connectivity index (χ4v) is 15.9. The van der Waals surface area contributed by atoms with E-state index >= 15 is 0 Å². The Morgan fingerprint density at radius 2 is 0.464 bits per heavy atom. The molecule has 0 bridgehead atoms. The average Bonchev–Trinajstić information content (AvgIpc) is 0.898. The molecule has 0 fully saturated rings. The molecule has 0 aliphatic carbocycles. The monoisotopic (exact) mass is 1610 g/mol. The van der Waals surface area contributed by atoms with E-state index in [0.717, 1.165) is 102 Å². The van der Waals surface area contributed by atoms with Crippen molar-refractivity contribution in [1.29, 1.82) is 0 Å². The Morgan fingerprint density at radius 1 is 0.264 bits per heavy atom. The van der Waals surface area contributed by atoms with Crippen LogP contribution in [0.25, 0.3) is 0 Å². The topological polar surface area (TPSA) is 237 Å². The van der Waals surface area contributed by atoms with Crippen molar-refractivity contribution in [2.24, 2.45) is 11.8 Å². The number of unbranched alkanes of at least 4 members (excludes halogenated alkanes) is 59. The molecule has 0 aromatic carbocycles. The summed E-state index contributed by atoms with van der Waals surface area (Å²) in [4.78, 5) is 73.3.